The highest BCUT2D eigenvalue weighted by Gasteiger charge is 2.09. The largest absolute Gasteiger partial charge is 0.481 e. The maximum Gasteiger partial charge on any atom is 0.305 e. The first-order chi connectivity index (χ1) is 9.54. The van der Waals surface area contributed by atoms with Gasteiger partial charge in [0.05, 0.1) is 24.7 Å². The van der Waals surface area contributed by atoms with E-state index in [4.69, 9.17) is 5.11 Å². The fourth-order valence-electron chi connectivity index (χ4n) is 1.74. The van der Waals surface area contributed by atoms with E-state index in [0.29, 0.717) is 11.3 Å². The summed E-state index contributed by atoms with van der Waals surface area (Å²) in [6, 6.07) is 7.48. The Bertz CT molecular complexity index is 634. The quantitative estimate of drug-likeness (QED) is 0.871. The second kappa shape index (κ2) is 6.01. The smallest absolute Gasteiger partial charge is 0.305 e. The van der Waals surface area contributed by atoms with E-state index in [9.17, 15) is 9.59 Å². The number of anilines is 1. The van der Waals surface area contributed by atoms with Crippen molar-refractivity contribution in [3.05, 3.63) is 47.8 Å². The maximum atomic E-state index is 12.0. The third-order valence-corrected chi connectivity index (χ3v) is 2.73. The van der Waals surface area contributed by atoms with Crippen LogP contribution in [0.3, 0.4) is 0 Å². The molecule has 1 aromatic heterocycles. The van der Waals surface area contributed by atoms with E-state index >= 15 is 0 Å². The van der Waals surface area contributed by atoms with Gasteiger partial charge in [-0.25, -0.2) is 0 Å². The molecular formula is C14H15N3O3. The number of benzene rings is 1. The predicted octanol–water partition coefficient (Wildman–Crippen LogP) is 1.92. The van der Waals surface area contributed by atoms with Gasteiger partial charge in [0.1, 0.15) is 0 Å². The average molecular weight is 273 g/mol. The summed E-state index contributed by atoms with van der Waals surface area (Å²) in [5.41, 5.74) is 2.17. The lowest BCUT2D eigenvalue weighted by Crippen LogP contribution is -2.11. The van der Waals surface area contributed by atoms with Gasteiger partial charge in [-0.05, 0) is 24.6 Å². The Labute approximate surface area is 116 Å². The number of carboxylic acid groups (broad SMARTS) is 1. The summed E-state index contributed by atoms with van der Waals surface area (Å²) in [4.78, 5) is 22.5. The molecule has 0 saturated carbocycles. The van der Waals surface area contributed by atoms with Crippen LogP contribution in [0, 0.1) is 6.92 Å². The molecule has 104 valence electrons. The first-order valence-corrected chi connectivity index (χ1v) is 6.17. The molecule has 2 N–H and O–H groups in total. The Morgan fingerprint density at radius 2 is 2.20 bits per heavy atom. The number of nitrogens with one attached hydrogen (secondary N) is 1. The highest BCUT2D eigenvalue weighted by atomic mass is 16.4. The number of amides is 1. The van der Waals surface area contributed by atoms with Gasteiger partial charge in [-0.1, -0.05) is 12.1 Å². The van der Waals surface area contributed by atoms with Crippen LogP contribution in [0.15, 0.2) is 36.7 Å². The van der Waals surface area contributed by atoms with Gasteiger partial charge in [-0.3, -0.25) is 14.3 Å². The van der Waals surface area contributed by atoms with E-state index in [0.717, 1.165) is 5.56 Å². The van der Waals surface area contributed by atoms with Crippen molar-refractivity contribution in [3.8, 4) is 0 Å². The first-order valence-electron chi connectivity index (χ1n) is 6.17. The van der Waals surface area contributed by atoms with E-state index in [2.05, 4.69) is 10.4 Å². The van der Waals surface area contributed by atoms with Gasteiger partial charge in [0, 0.05) is 11.9 Å². The fraction of sp³-hybridized carbons (Fsp3) is 0.214. The third-order valence-electron chi connectivity index (χ3n) is 2.73. The van der Waals surface area contributed by atoms with Crippen LogP contribution in [0.4, 0.5) is 5.69 Å². The van der Waals surface area contributed by atoms with E-state index in [1.807, 2.05) is 25.1 Å². The zero-order valence-electron chi connectivity index (χ0n) is 11.0. The van der Waals surface area contributed by atoms with E-state index in [1.165, 1.54) is 17.1 Å². The van der Waals surface area contributed by atoms with Crippen molar-refractivity contribution in [3.63, 3.8) is 0 Å². The molecule has 6 nitrogen and oxygen atoms in total. The number of carboxylic acids is 1. The van der Waals surface area contributed by atoms with Gasteiger partial charge in [-0.2, -0.15) is 5.10 Å². The molecule has 0 unspecified atom stereocenters. The normalized spacial score (nSPS) is 10.2. The molecule has 2 aromatic rings. The van der Waals surface area contributed by atoms with Crippen molar-refractivity contribution < 1.29 is 14.7 Å². The van der Waals surface area contributed by atoms with Gasteiger partial charge < -0.3 is 10.4 Å². The molecule has 1 amide bonds. The Morgan fingerprint density at radius 3 is 2.90 bits per heavy atom. The van der Waals surface area contributed by atoms with Crippen molar-refractivity contribution in [2.45, 2.75) is 19.9 Å². The van der Waals surface area contributed by atoms with Crippen molar-refractivity contribution in [2.24, 2.45) is 0 Å². The Balaban J connectivity index is 2.01. The van der Waals surface area contributed by atoms with Crippen molar-refractivity contribution in [2.75, 3.05) is 5.32 Å². The van der Waals surface area contributed by atoms with Crippen LogP contribution in [0.1, 0.15) is 22.3 Å². The minimum absolute atomic E-state index is 0.0272. The summed E-state index contributed by atoms with van der Waals surface area (Å²) in [7, 11) is 0. The van der Waals surface area contributed by atoms with Crippen molar-refractivity contribution >= 4 is 17.6 Å². The zero-order valence-corrected chi connectivity index (χ0v) is 11.0. The Morgan fingerprint density at radius 1 is 1.40 bits per heavy atom. The van der Waals surface area contributed by atoms with E-state index < -0.39 is 5.97 Å². The summed E-state index contributed by atoms with van der Waals surface area (Å²) in [5.74, 6) is -1.16. The Kier molecular flexibility index (Phi) is 4.14. The molecule has 2 rings (SSSR count). The SMILES string of the molecule is Cc1cccc(NC(=O)c2cnn(CCC(=O)O)c2)c1. The summed E-state index contributed by atoms with van der Waals surface area (Å²) in [6.07, 6.45) is 2.93. The highest BCUT2D eigenvalue weighted by Crippen LogP contribution is 2.11. The van der Waals surface area contributed by atoms with Crippen molar-refractivity contribution in [1.29, 1.82) is 0 Å². The van der Waals surface area contributed by atoms with Crippen molar-refractivity contribution in [1.82, 2.24) is 9.78 Å². The van der Waals surface area contributed by atoms with Gasteiger partial charge in [-0.15, -0.1) is 0 Å². The number of carbonyl (C=O) groups excluding carboxylic acids is 1. The number of hydrogen-bond acceptors (Lipinski definition) is 3. The summed E-state index contributed by atoms with van der Waals surface area (Å²) in [6.45, 7) is 2.19. The molecule has 0 aliphatic rings. The minimum atomic E-state index is -0.897. The van der Waals surface area contributed by atoms with Crippen LogP contribution in [0.25, 0.3) is 0 Å². The number of carbonyl (C=O) groups is 2. The molecule has 1 heterocycles. The molecule has 0 aliphatic heterocycles. The number of nitrogens with zero attached hydrogens (tertiary/aromatic N) is 2. The number of aliphatic carboxylic acids is 1. The molecule has 0 spiro atoms. The molecular weight excluding hydrogens is 258 g/mol. The van der Waals surface area contributed by atoms with Gasteiger partial charge in [0.25, 0.3) is 5.91 Å². The summed E-state index contributed by atoms with van der Waals surface area (Å²) < 4.78 is 1.44. The molecule has 0 aliphatic carbocycles. The second-order valence-corrected chi connectivity index (χ2v) is 4.46. The lowest BCUT2D eigenvalue weighted by Gasteiger charge is -2.04. The van der Waals surface area contributed by atoms with Crippen LogP contribution >= 0.6 is 0 Å². The monoisotopic (exact) mass is 273 g/mol. The molecule has 6 heteroatoms. The minimum Gasteiger partial charge on any atom is -0.481 e. The third kappa shape index (κ3) is 3.68. The van der Waals surface area contributed by atoms with E-state index in [1.54, 1.807) is 6.07 Å². The topological polar surface area (TPSA) is 84.2 Å². The lowest BCUT2D eigenvalue weighted by molar-refractivity contribution is -0.137. The zero-order chi connectivity index (χ0) is 14.5. The molecule has 0 radical (unpaired) electrons. The van der Waals surface area contributed by atoms with Crippen LogP contribution in [0.5, 0.6) is 0 Å². The summed E-state index contributed by atoms with van der Waals surface area (Å²) in [5, 5.41) is 15.3. The van der Waals surface area contributed by atoms with Gasteiger partial charge >= 0.3 is 5.97 Å². The van der Waals surface area contributed by atoms with Crippen LogP contribution in [-0.2, 0) is 11.3 Å². The lowest BCUT2D eigenvalue weighted by atomic mass is 10.2. The van der Waals surface area contributed by atoms with Crippen LogP contribution < -0.4 is 5.32 Å². The number of hydrogen-bond donors (Lipinski definition) is 2. The molecule has 20 heavy (non-hydrogen) atoms. The molecule has 0 saturated heterocycles. The fourth-order valence-corrected chi connectivity index (χ4v) is 1.74. The maximum absolute atomic E-state index is 12.0. The molecule has 0 fully saturated rings. The van der Waals surface area contributed by atoms with Crippen LogP contribution in [-0.4, -0.2) is 26.8 Å². The first kappa shape index (κ1) is 13.8. The molecule has 0 bridgehead atoms. The van der Waals surface area contributed by atoms with Crippen LogP contribution in [0.2, 0.25) is 0 Å². The van der Waals surface area contributed by atoms with E-state index in [-0.39, 0.29) is 18.9 Å². The predicted molar refractivity (Wildman–Crippen MR) is 73.6 cm³/mol. The van der Waals surface area contributed by atoms with Gasteiger partial charge in [0.15, 0.2) is 0 Å². The Hall–Kier alpha value is -2.63. The number of rotatable bonds is 5. The van der Waals surface area contributed by atoms with Gasteiger partial charge in [0.2, 0.25) is 0 Å². The standard InChI is InChI=1S/C14H15N3O3/c1-10-3-2-4-12(7-10)16-14(20)11-8-15-17(9-11)6-5-13(18)19/h2-4,7-9H,5-6H2,1H3,(H,16,20)(H,18,19). The summed E-state index contributed by atoms with van der Waals surface area (Å²) >= 11 is 0. The second-order valence-electron chi connectivity index (χ2n) is 4.46. The molecule has 0 atom stereocenters. The number of aromatic nitrogens is 2. The highest BCUT2D eigenvalue weighted by molar-refractivity contribution is 6.03. The average Bonchev–Trinajstić information content (AvgIpc) is 2.85. The number of aryl methyl sites for hydroxylation is 2. The molecule has 1 aromatic carbocycles.